The zero-order valence-electron chi connectivity index (χ0n) is 11.2. The van der Waals surface area contributed by atoms with Gasteiger partial charge in [-0.3, -0.25) is 0 Å². The number of sulfonamides is 1. The van der Waals surface area contributed by atoms with E-state index < -0.39 is 10.0 Å². The first-order valence-electron chi connectivity index (χ1n) is 6.50. The van der Waals surface area contributed by atoms with E-state index in [0.29, 0.717) is 6.54 Å². The average molecular weight is 283 g/mol. The Morgan fingerprint density at radius 2 is 2.16 bits per heavy atom. The number of rotatable bonds is 4. The van der Waals surface area contributed by atoms with Crippen molar-refractivity contribution < 1.29 is 8.42 Å². The van der Waals surface area contributed by atoms with Gasteiger partial charge in [0.2, 0.25) is 10.0 Å². The van der Waals surface area contributed by atoms with E-state index in [1.54, 1.807) is 0 Å². The molecule has 0 aromatic heterocycles. The van der Waals surface area contributed by atoms with Gasteiger partial charge in [-0.15, -0.1) is 0 Å². The molecule has 1 aromatic carbocycles. The van der Waals surface area contributed by atoms with Crippen molar-refractivity contribution in [2.75, 3.05) is 23.7 Å². The lowest BCUT2D eigenvalue weighted by Crippen LogP contribution is -2.35. The number of hydrogen-bond donors (Lipinski definition) is 2. The molecular weight excluding hydrogens is 262 g/mol. The summed E-state index contributed by atoms with van der Waals surface area (Å²) in [6.07, 6.45) is 2.04. The van der Waals surface area contributed by atoms with Crippen molar-refractivity contribution in [3.63, 3.8) is 0 Å². The molecule has 1 unspecified atom stereocenters. The van der Waals surface area contributed by atoms with Crippen molar-refractivity contribution in [2.45, 2.75) is 25.8 Å². The summed E-state index contributed by atoms with van der Waals surface area (Å²) in [6.45, 7) is 3.28. The van der Waals surface area contributed by atoms with E-state index in [4.69, 9.17) is 10.9 Å². The Morgan fingerprint density at radius 1 is 1.42 bits per heavy atom. The summed E-state index contributed by atoms with van der Waals surface area (Å²) in [5.41, 5.74) is 9.36. The average Bonchev–Trinajstić information content (AvgIpc) is 2.34. The van der Waals surface area contributed by atoms with Gasteiger partial charge in [-0.1, -0.05) is 12.1 Å². The van der Waals surface area contributed by atoms with E-state index in [-0.39, 0.29) is 11.8 Å². The quantitative estimate of drug-likeness (QED) is 0.853. The molecule has 1 aliphatic rings. The van der Waals surface area contributed by atoms with Crippen LogP contribution in [0.4, 0.5) is 5.69 Å². The van der Waals surface area contributed by atoms with Crippen LogP contribution in [0.1, 0.15) is 30.5 Å². The van der Waals surface area contributed by atoms with Crippen LogP contribution in [0.15, 0.2) is 18.2 Å². The van der Waals surface area contributed by atoms with E-state index in [2.05, 4.69) is 11.0 Å². The lowest BCUT2D eigenvalue weighted by Gasteiger charge is -2.31. The summed E-state index contributed by atoms with van der Waals surface area (Å²) < 4.78 is 22.1. The monoisotopic (exact) mass is 283 g/mol. The Balaban J connectivity index is 2.20. The molecule has 6 heteroatoms. The second-order valence-corrected chi connectivity index (χ2v) is 6.87. The molecule has 1 atom stereocenters. The molecule has 0 amide bonds. The van der Waals surface area contributed by atoms with Crippen LogP contribution in [0.5, 0.6) is 0 Å². The minimum Gasteiger partial charge on any atom is -0.370 e. The summed E-state index contributed by atoms with van der Waals surface area (Å²) in [5, 5.41) is 5.07. The second kappa shape index (κ2) is 5.48. The smallest absolute Gasteiger partial charge is 0.210 e. The van der Waals surface area contributed by atoms with Gasteiger partial charge in [0.1, 0.15) is 0 Å². The van der Waals surface area contributed by atoms with Crippen molar-refractivity contribution >= 4 is 15.7 Å². The van der Waals surface area contributed by atoms with E-state index in [1.807, 2.05) is 19.1 Å². The minimum absolute atomic E-state index is 0.0124. The number of nitrogens with zero attached hydrogens (tertiary/aromatic N) is 1. The van der Waals surface area contributed by atoms with Crippen LogP contribution in [0.2, 0.25) is 0 Å². The number of hydrogen-bond acceptors (Lipinski definition) is 4. The van der Waals surface area contributed by atoms with E-state index >= 15 is 0 Å². The third-order valence-electron chi connectivity index (χ3n) is 3.49. The minimum atomic E-state index is -3.41. The van der Waals surface area contributed by atoms with Crippen LogP contribution in [-0.2, 0) is 16.4 Å². The number of benzene rings is 1. The molecule has 0 fully saturated rings. The molecule has 0 aliphatic carbocycles. The third kappa shape index (κ3) is 3.68. The molecule has 0 spiro atoms. The van der Waals surface area contributed by atoms with Crippen molar-refractivity contribution in [2.24, 2.45) is 10.9 Å². The highest BCUT2D eigenvalue weighted by Crippen LogP contribution is 2.29. The maximum atomic E-state index is 11.1. The van der Waals surface area contributed by atoms with E-state index in [9.17, 15) is 8.42 Å². The first kappa shape index (κ1) is 14.3. The zero-order chi connectivity index (χ0) is 14.0. The third-order valence-corrected chi connectivity index (χ3v) is 4.24. The zero-order valence-corrected chi connectivity index (χ0v) is 12.0. The van der Waals surface area contributed by atoms with Gasteiger partial charge in [-0.2, -0.15) is 0 Å². The molecule has 0 saturated carbocycles. The topological polar surface area (TPSA) is 89.4 Å². The Kier molecular flexibility index (Phi) is 4.13. The van der Waals surface area contributed by atoms with Crippen molar-refractivity contribution in [3.8, 4) is 0 Å². The van der Waals surface area contributed by atoms with Gasteiger partial charge in [0, 0.05) is 24.8 Å². The highest BCUT2D eigenvalue weighted by Gasteiger charge is 2.18. The van der Waals surface area contributed by atoms with Gasteiger partial charge in [0.25, 0.3) is 0 Å². The van der Waals surface area contributed by atoms with Gasteiger partial charge in [0.05, 0.1) is 5.75 Å². The van der Waals surface area contributed by atoms with Gasteiger partial charge in [-0.05, 0) is 37.0 Å². The molecule has 4 N–H and O–H groups in total. The molecule has 0 saturated heterocycles. The van der Waals surface area contributed by atoms with Gasteiger partial charge in [-0.25, -0.2) is 13.6 Å². The molecule has 5 nitrogen and oxygen atoms in total. The summed E-state index contributed by atoms with van der Waals surface area (Å²) in [6, 6.07) is 6.20. The van der Waals surface area contributed by atoms with Crippen molar-refractivity contribution in [1.29, 1.82) is 0 Å². The molecule has 1 aromatic rings. The highest BCUT2D eigenvalue weighted by atomic mass is 32.2. The maximum absolute atomic E-state index is 11.1. The molecule has 1 heterocycles. The summed E-state index contributed by atoms with van der Waals surface area (Å²) in [7, 11) is -3.41. The number of nitrogens with two attached hydrogens (primary N) is 2. The van der Waals surface area contributed by atoms with E-state index in [1.165, 1.54) is 5.56 Å². The number of fused-ring (bicyclic) bond motifs is 1. The van der Waals surface area contributed by atoms with E-state index in [0.717, 1.165) is 30.6 Å². The number of aryl methyl sites for hydroxylation is 1. The van der Waals surface area contributed by atoms with Gasteiger partial charge >= 0.3 is 0 Å². The Morgan fingerprint density at radius 3 is 2.79 bits per heavy atom. The molecule has 106 valence electrons. The Bertz CT molecular complexity index is 555. The molecule has 0 radical (unpaired) electrons. The Labute approximate surface area is 114 Å². The lowest BCUT2D eigenvalue weighted by molar-refractivity contribution is 0.594. The fourth-order valence-electron chi connectivity index (χ4n) is 2.45. The first-order valence-corrected chi connectivity index (χ1v) is 8.22. The highest BCUT2D eigenvalue weighted by molar-refractivity contribution is 7.89. The van der Waals surface area contributed by atoms with Crippen molar-refractivity contribution in [1.82, 2.24) is 0 Å². The molecule has 19 heavy (non-hydrogen) atoms. The fourth-order valence-corrected chi connectivity index (χ4v) is 2.92. The molecule has 1 aliphatic heterocycles. The van der Waals surface area contributed by atoms with Crippen LogP contribution < -0.4 is 15.8 Å². The number of anilines is 1. The summed E-state index contributed by atoms with van der Waals surface area (Å²) in [4.78, 5) is 2.09. The predicted octanol–water partition coefficient (Wildman–Crippen LogP) is 0.747. The predicted molar refractivity (Wildman–Crippen MR) is 77.6 cm³/mol. The first-order chi connectivity index (χ1) is 8.87. The van der Waals surface area contributed by atoms with Gasteiger partial charge in [0.15, 0.2) is 0 Å². The molecular formula is C13H21N3O2S. The van der Waals surface area contributed by atoms with Crippen LogP contribution in [0.3, 0.4) is 0 Å². The van der Waals surface area contributed by atoms with Crippen LogP contribution in [0.25, 0.3) is 0 Å². The number of primary sulfonamides is 1. The SMILES string of the molecule is CC(N)c1ccc2c(c1)CCCN2CCS(N)(=O)=O. The lowest BCUT2D eigenvalue weighted by atomic mass is 9.97. The molecule has 2 rings (SSSR count). The molecule has 0 bridgehead atoms. The van der Waals surface area contributed by atoms with Crippen LogP contribution in [-0.4, -0.2) is 27.3 Å². The van der Waals surface area contributed by atoms with Crippen LogP contribution in [0, 0.1) is 0 Å². The summed E-state index contributed by atoms with van der Waals surface area (Å²) in [5.74, 6) is -0.0124. The normalized spacial score (nSPS) is 17.1. The van der Waals surface area contributed by atoms with Crippen LogP contribution >= 0.6 is 0 Å². The Hall–Kier alpha value is -1.11. The second-order valence-electron chi connectivity index (χ2n) is 5.13. The summed E-state index contributed by atoms with van der Waals surface area (Å²) >= 11 is 0. The fraction of sp³-hybridized carbons (Fsp3) is 0.538. The maximum Gasteiger partial charge on any atom is 0.210 e. The van der Waals surface area contributed by atoms with Gasteiger partial charge < -0.3 is 10.6 Å². The van der Waals surface area contributed by atoms with Crippen molar-refractivity contribution in [3.05, 3.63) is 29.3 Å². The standard InChI is InChI=1S/C13H21N3O2S/c1-10(14)11-4-5-13-12(9-11)3-2-6-16(13)7-8-19(15,17)18/h4-5,9-10H,2-3,6-8,14H2,1H3,(H2,15,17,18). The largest absolute Gasteiger partial charge is 0.370 e.